The van der Waals surface area contributed by atoms with Gasteiger partial charge < -0.3 is 5.73 Å². The quantitative estimate of drug-likeness (QED) is 0.758. The van der Waals surface area contributed by atoms with E-state index in [4.69, 9.17) is 5.73 Å². The van der Waals surface area contributed by atoms with E-state index in [0.717, 1.165) is 0 Å². The van der Waals surface area contributed by atoms with Crippen LogP contribution >= 0.6 is 0 Å². The zero-order valence-corrected chi connectivity index (χ0v) is 10.4. The Labute approximate surface area is 111 Å². The van der Waals surface area contributed by atoms with Crippen LogP contribution in [0.3, 0.4) is 0 Å². The molecule has 3 rings (SSSR count). The Balaban J connectivity index is 2.31. The summed E-state index contributed by atoms with van der Waals surface area (Å²) in [5, 5.41) is 10.3. The van der Waals surface area contributed by atoms with Gasteiger partial charge in [-0.05, 0) is 30.7 Å². The molecule has 0 saturated carbocycles. The summed E-state index contributed by atoms with van der Waals surface area (Å²) in [6.45, 7) is 1.66. The molecule has 20 heavy (non-hydrogen) atoms. The molecule has 0 amide bonds. The van der Waals surface area contributed by atoms with Crippen molar-refractivity contribution < 1.29 is 13.2 Å². The molecule has 0 aliphatic rings. The van der Waals surface area contributed by atoms with E-state index < -0.39 is 17.9 Å². The minimum atomic E-state index is -2.78. The second-order valence-corrected chi connectivity index (χ2v) is 4.36. The van der Waals surface area contributed by atoms with Crippen LogP contribution in [0.1, 0.15) is 17.7 Å². The lowest BCUT2D eigenvalue weighted by Crippen LogP contribution is -2.01. The van der Waals surface area contributed by atoms with Crippen molar-refractivity contribution in [2.45, 2.75) is 13.3 Å². The number of nitrogens with one attached hydrogen (secondary N) is 1. The number of aryl methyl sites for hydroxylation is 1. The summed E-state index contributed by atoms with van der Waals surface area (Å²) in [7, 11) is 0. The standard InChI is InChI=1S/C12H10F3N5/c1-5-4-6(13)2-3-7(5)20-12-8(11(16)17-18-12)9(19-20)10(14)15/h2-4,10H,1H3,(H3,16,17,18). The van der Waals surface area contributed by atoms with Crippen LogP contribution < -0.4 is 5.73 Å². The molecule has 3 N–H and O–H groups in total. The molecule has 3 aromatic rings. The first-order valence-corrected chi connectivity index (χ1v) is 5.76. The highest BCUT2D eigenvalue weighted by molar-refractivity contribution is 5.90. The number of benzene rings is 1. The van der Waals surface area contributed by atoms with Gasteiger partial charge in [0.25, 0.3) is 6.43 Å². The minimum Gasteiger partial charge on any atom is -0.383 e. The van der Waals surface area contributed by atoms with Crippen LogP contribution in [0.15, 0.2) is 18.2 Å². The number of rotatable bonds is 2. The van der Waals surface area contributed by atoms with Gasteiger partial charge in [-0.2, -0.15) is 10.2 Å². The second kappa shape index (κ2) is 4.26. The fourth-order valence-electron chi connectivity index (χ4n) is 2.13. The molecular formula is C12H10F3N5. The van der Waals surface area contributed by atoms with Gasteiger partial charge in [0.1, 0.15) is 17.3 Å². The van der Waals surface area contributed by atoms with Crippen molar-refractivity contribution >= 4 is 16.9 Å². The number of aromatic amines is 1. The van der Waals surface area contributed by atoms with Crippen molar-refractivity contribution in [3.8, 4) is 5.69 Å². The molecule has 0 radical (unpaired) electrons. The zero-order valence-electron chi connectivity index (χ0n) is 10.4. The van der Waals surface area contributed by atoms with E-state index in [0.29, 0.717) is 11.3 Å². The normalized spacial score (nSPS) is 11.7. The van der Waals surface area contributed by atoms with Crippen LogP contribution in [0.2, 0.25) is 0 Å². The number of aromatic nitrogens is 4. The van der Waals surface area contributed by atoms with Crippen LogP contribution in [-0.2, 0) is 0 Å². The summed E-state index contributed by atoms with van der Waals surface area (Å²) >= 11 is 0. The molecule has 2 heterocycles. The van der Waals surface area contributed by atoms with Crippen LogP contribution in [0, 0.1) is 12.7 Å². The van der Waals surface area contributed by atoms with Crippen molar-refractivity contribution in [2.75, 3.05) is 5.73 Å². The summed E-state index contributed by atoms with van der Waals surface area (Å²) in [5.74, 6) is -0.383. The SMILES string of the molecule is Cc1cc(F)ccc1-n1nc(C(F)F)c2c(N)[nH]nc21. The maximum atomic E-state index is 13.1. The molecule has 0 aliphatic heterocycles. The lowest BCUT2D eigenvalue weighted by molar-refractivity contribution is 0.147. The molecule has 1 aromatic carbocycles. The maximum Gasteiger partial charge on any atom is 0.282 e. The molecule has 0 spiro atoms. The minimum absolute atomic E-state index is 0.0290. The smallest absolute Gasteiger partial charge is 0.282 e. The predicted molar refractivity (Wildman–Crippen MR) is 67.3 cm³/mol. The Hall–Kier alpha value is -2.51. The Bertz CT molecular complexity index is 790. The number of nitrogen functional groups attached to an aromatic ring is 1. The fourth-order valence-corrected chi connectivity index (χ4v) is 2.13. The summed E-state index contributed by atoms with van der Waals surface area (Å²) in [6, 6.07) is 3.98. The van der Waals surface area contributed by atoms with E-state index in [1.165, 1.54) is 22.9 Å². The maximum absolute atomic E-state index is 13.1. The number of nitrogens with zero attached hydrogens (tertiary/aromatic N) is 3. The van der Waals surface area contributed by atoms with Gasteiger partial charge in [-0.3, -0.25) is 5.10 Å². The Morgan fingerprint density at radius 3 is 2.75 bits per heavy atom. The van der Waals surface area contributed by atoms with Crippen molar-refractivity contribution in [3.63, 3.8) is 0 Å². The summed E-state index contributed by atoms with van der Waals surface area (Å²) < 4.78 is 40.4. The van der Waals surface area contributed by atoms with E-state index in [1.807, 2.05) is 0 Å². The number of halogens is 3. The topological polar surface area (TPSA) is 72.5 Å². The third-order valence-corrected chi connectivity index (χ3v) is 3.03. The molecule has 0 fully saturated rings. The van der Waals surface area contributed by atoms with E-state index in [-0.39, 0.29) is 16.9 Å². The first-order chi connectivity index (χ1) is 9.49. The number of hydrogen-bond acceptors (Lipinski definition) is 3. The second-order valence-electron chi connectivity index (χ2n) is 4.36. The lowest BCUT2D eigenvalue weighted by Gasteiger charge is -2.05. The van der Waals surface area contributed by atoms with Gasteiger partial charge in [0.15, 0.2) is 5.65 Å². The Morgan fingerprint density at radius 1 is 1.35 bits per heavy atom. The fraction of sp³-hybridized carbons (Fsp3) is 0.167. The predicted octanol–water partition coefficient (Wildman–Crippen LogP) is 2.72. The molecule has 8 heteroatoms. The van der Waals surface area contributed by atoms with Gasteiger partial charge in [0, 0.05) is 0 Å². The average molecular weight is 281 g/mol. The number of hydrogen-bond donors (Lipinski definition) is 2. The molecule has 0 atom stereocenters. The Morgan fingerprint density at radius 2 is 2.10 bits per heavy atom. The first-order valence-electron chi connectivity index (χ1n) is 5.76. The van der Waals surface area contributed by atoms with Crippen molar-refractivity contribution in [1.82, 2.24) is 20.0 Å². The van der Waals surface area contributed by atoms with Gasteiger partial charge in [-0.15, -0.1) is 0 Å². The van der Waals surface area contributed by atoms with Crippen molar-refractivity contribution in [2.24, 2.45) is 0 Å². The van der Waals surface area contributed by atoms with Crippen LogP contribution in [0.4, 0.5) is 19.0 Å². The molecule has 104 valence electrons. The van der Waals surface area contributed by atoms with Gasteiger partial charge in [-0.25, -0.2) is 17.9 Å². The van der Waals surface area contributed by atoms with Gasteiger partial charge in [0.05, 0.1) is 11.1 Å². The van der Waals surface area contributed by atoms with Crippen LogP contribution in [0.5, 0.6) is 0 Å². The van der Waals surface area contributed by atoms with E-state index in [2.05, 4.69) is 15.3 Å². The molecule has 0 aliphatic carbocycles. The average Bonchev–Trinajstić information content (AvgIpc) is 2.91. The van der Waals surface area contributed by atoms with Crippen molar-refractivity contribution in [3.05, 3.63) is 35.3 Å². The van der Waals surface area contributed by atoms with Crippen molar-refractivity contribution in [1.29, 1.82) is 0 Å². The first kappa shape index (κ1) is 12.5. The summed E-state index contributed by atoms with van der Waals surface area (Å²) in [4.78, 5) is 0. The Kier molecular flexibility index (Phi) is 2.66. The molecule has 0 bridgehead atoms. The molecule has 0 unspecified atom stereocenters. The van der Waals surface area contributed by atoms with E-state index in [1.54, 1.807) is 6.92 Å². The van der Waals surface area contributed by atoms with Crippen LogP contribution in [-0.4, -0.2) is 20.0 Å². The van der Waals surface area contributed by atoms with E-state index >= 15 is 0 Å². The monoisotopic (exact) mass is 281 g/mol. The number of H-pyrrole nitrogens is 1. The molecule has 2 aromatic heterocycles. The molecular weight excluding hydrogens is 271 g/mol. The number of nitrogens with two attached hydrogens (primary N) is 1. The number of alkyl halides is 2. The number of fused-ring (bicyclic) bond motifs is 1. The largest absolute Gasteiger partial charge is 0.383 e. The molecule has 0 saturated heterocycles. The summed E-state index contributed by atoms with van der Waals surface area (Å²) in [5.41, 5.74) is 6.36. The van der Waals surface area contributed by atoms with E-state index in [9.17, 15) is 13.2 Å². The highest BCUT2D eigenvalue weighted by Crippen LogP contribution is 2.31. The summed E-state index contributed by atoms with van der Waals surface area (Å²) in [6.07, 6.45) is -2.78. The highest BCUT2D eigenvalue weighted by Gasteiger charge is 2.24. The highest BCUT2D eigenvalue weighted by atomic mass is 19.3. The van der Waals surface area contributed by atoms with Gasteiger partial charge in [-0.1, -0.05) is 0 Å². The molecule has 5 nitrogen and oxygen atoms in total. The van der Waals surface area contributed by atoms with Crippen LogP contribution in [0.25, 0.3) is 16.7 Å². The third kappa shape index (κ3) is 1.72. The number of anilines is 1. The zero-order chi connectivity index (χ0) is 14.4. The third-order valence-electron chi connectivity index (χ3n) is 3.03. The lowest BCUT2D eigenvalue weighted by atomic mass is 10.2. The van der Waals surface area contributed by atoms with Gasteiger partial charge >= 0.3 is 0 Å². The van der Waals surface area contributed by atoms with Gasteiger partial charge in [0.2, 0.25) is 0 Å².